The molecule has 0 amide bonds. The summed E-state index contributed by atoms with van der Waals surface area (Å²) < 4.78 is 57.1. The molecule has 0 aliphatic carbocycles. The third-order valence-corrected chi connectivity index (χ3v) is 4.20. The highest BCUT2D eigenvalue weighted by Crippen LogP contribution is 2.34. The summed E-state index contributed by atoms with van der Waals surface area (Å²) in [5, 5.41) is 2.96. The van der Waals surface area contributed by atoms with Crippen LogP contribution in [0.4, 0.5) is 17.6 Å². The average Bonchev–Trinajstić information content (AvgIpc) is 2.41. The molecule has 0 spiro atoms. The largest absolute Gasteiger partial charge is 0.419 e. The Morgan fingerprint density at radius 3 is 2.70 bits per heavy atom. The zero-order valence-corrected chi connectivity index (χ0v) is 11.7. The van der Waals surface area contributed by atoms with Gasteiger partial charge >= 0.3 is 6.18 Å². The van der Waals surface area contributed by atoms with Crippen molar-refractivity contribution < 1.29 is 22.3 Å². The molecule has 1 aromatic carbocycles. The van der Waals surface area contributed by atoms with Crippen LogP contribution < -0.4 is 5.32 Å². The first-order valence-corrected chi connectivity index (χ1v) is 7.32. The van der Waals surface area contributed by atoms with Crippen molar-refractivity contribution in [2.45, 2.75) is 18.3 Å². The lowest BCUT2D eigenvalue weighted by molar-refractivity contribution is -0.140. The lowest BCUT2D eigenvalue weighted by Crippen LogP contribution is -2.36. The number of likely N-dealkylation sites (N-methyl/N-ethyl adjacent to an activating group) is 1. The molecule has 2 unspecified atom stereocenters. The summed E-state index contributed by atoms with van der Waals surface area (Å²) in [4.78, 5) is 0. The first-order valence-electron chi connectivity index (χ1n) is 6.16. The molecular formula is C13H15F4NOS. The van der Waals surface area contributed by atoms with E-state index in [2.05, 4.69) is 5.32 Å². The second-order valence-electron chi connectivity index (χ2n) is 4.49. The van der Waals surface area contributed by atoms with E-state index in [1.54, 1.807) is 18.8 Å². The van der Waals surface area contributed by atoms with Gasteiger partial charge in [-0.3, -0.25) is 0 Å². The molecule has 1 heterocycles. The topological polar surface area (TPSA) is 21.3 Å². The molecule has 2 nitrogen and oxygen atoms in total. The third-order valence-electron chi connectivity index (χ3n) is 3.18. The van der Waals surface area contributed by atoms with Gasteiger partial charge in [0.05, 0.1) is 24.3 Å². The van der Waals surface area contributed by atoms with Gasteiger partial charge in [0.15, 0.2) is 0 Å². The third kappa shape index (κ3) is 3.45. The lowest BCUT2D eigenvalue weighted by atomic mass is 9.99. The Labute approximate surface area is 118 Å². The van der Waals surface area contributed by atoms with Crippen LogP contribution in [0, 0.1) is 5.82 Å². The predicted octanol–water partition coefficient (Wildman–Crippen LogP) is 3.24. The van der Waals surface area contributed by atoms with Gasteiger partial charge in [0.25, 0.3) is 0 Å². The summed E-state index contributed by atoms with van der Waals surface area (Å²) in [6.07, 6.45) is -4.91. The minimum absolute atomic E-state index is 0.217. The number of ether oxygens (including phenoxy) is 1. The number of benzene rings is 1. The van der Waals surface area contributed by atoms with Gasteiger partial charge in [0.1, 0.15) is 5.82 Å². The fraction of sp³-hybridized carbons (Fsp3) is 0.538. The summed E-state index contributed by atoms with van der Waals surface area (Å²) >= 11 is 1.69. The molecule has 1 aliphatic rings. The Hall–Kier alpha value is -0.790. The number of halogens is 4. The van der Waals surface area contributed by atoms with E-state index in [9.17, 15) is 17.6 Å². The number of nitrogens with one attached hydrogen (secondary N) is 1. The fourth-order valence-corrected chi connectivity index (χ4v) is 3.12. The summed E-state index contributed by atoms with van der Waals surface area (Å²) in [5.41, 5.74) is -0.854. The Morgan fingerprint density at radius 2 is 2.15 bits per heavy atom. The van der Waals surface area contributed by atoms with Gasteiger partial charge in [-0.1, -0.05) is 6.07 Å². The maximum Gasteiger partial charge on any atom is 0.419 e. The molecule has 0 bridgehead atoms. The monoisotopic (exact) mass is 309 g/mol. The van der Waals surface area contributed by atoms with E-state index in [0.717, 1.165) is 17.9 Å². The van der Waals surface area contributed by atoms with Crippen LogP contribution in [0.1, 0.15) is 17.2 Å². The van der Waals surface area contributed by atoms with Crippen molar-refractivity contribution in [1.82, 2.24) is 5.32 Å². The van der Waals surface area contributed by atoms with Gasteiger partial charge in [-0.05, 0) is 24.7 Å². The van der Waals surface area contributed by atoms with E-state index in [1.807, 2.05) is 0 Å². The molecular weight excluding hydrogens is 294 g/mol. The maximum atomic E-state index is 13.3. The maximum absolute atomic E-state index is 13.3. The quantitative estimate of drug-likeness (QED) is 0.866. The molecule has 1 N–H and O–H groups in total. The SMILES string of the molecule is CNC(c1ccc(F)c(C(F)(F)F)c1)C1CSCCO1. The molecule has 0 aromatic heterocycles. The van der Waals surface area contributed by atoms with E-state index in [-0.39, 0.29) is 12.1 Å². The predicted molar refractivity (Wildman–Crippen MR) is 70.3 cm³/mol. The summed E-state index contributed by atoms with van der Waals surface area (Å²) in [7, 11) is 1.66. The molecule has 7 heteroatoms. The van der Waals surface area contributed by atoms with E-state index in [4.69, 9.17) is 4.74 Å². The molecule has 1 aromatic rings. The molecule has 112 valence electrons. The van der Waals surface area contributed by atoms with Crippen LogP contribution in [0.5, 0.6) is 0 Å². The first-order chi connectivity index (χ1) is 9.43. The Bertz CT molecular complexity index is 460. The van der Waals surface area contributed by atoms with Crippen LogP contribution in [0.2, 0.25) is 0 Å². The van der Waals surface area contributed by atoms with Crippen molar-refractivity contribution in [1.29, 1.82) is 0 Å². The summed E-state index contributed by atoms with van der Waals surface area (Å²) in [6.45, 7) is 0.570. The summed E-state index contributed by atoms with van der Waals surface area (Å²) in [6, 6.07) is 2.70. The van der Waals surface area contributed by atoms with Gasteiger partial charge in [0, 0.05) is 11.5 Å². The highest BCUT2D eigenvalue weighted by Gasteiger charge is 2.35. The van der Waals surface area contributed by atoms with Crippen LogP contribution in [-0.4, -0.2) is 31.3 Å². The molecule has 2 atom stereocenters. The van der Waals surface area contributed by atoms with Crippen LogP contribution >= 0.6 is 11.8 Å². The second-order valence-corrected chi connectivity index (χ2v) is 5.64. The number of rotatable bonds is 3. The molecule has 1 saturated heterocycles. The van der Waals surface area contributed by atoms with E-state index < -0.39 is 17.6 Å². The van der Waals surface area contributed by atoms with E-state index in [0.29, 0.717) is 17.9 Å². The molecule has 0 radical (unpaired) electrons. The normalized spacial score (nSPS) is 21.8. The Balaban J connectivity index is 2.30. The fourth-order valence-electron chi connectivity index (χ4n) is 2.22. The zero-order chi connectivity index (χ0) is 14.8. The second kappa shape index (κ2) is 6.32. The Morgan fingerprint density at radius 1 is 1.40 bits per heavy atom. The average molecular weight is 309 g/mol. The van der Waals surface area contributed by atoms with Gasteiger partial charge in [-0.15, -0.1) is 0 Å². The smallest absolute Gasteiger partial charge is 0.375 e. The molecule has 0 saturated carbocycles. The van der Waals surface area contributed by atoms with Gasteiger partial charge in [0.2, 0.25) is 0 Å². The highest BCUT2D eigenvalue weighted by atomic mass is 32.2. The van der Waals surface area contributed by atoms with Crippen LogP contribution in [0.15, 0.2) is 18.2 Å². The van der Waals surface area contributed by atoms with Gasteiger partial charge < -0.3 is 10.1 Å². The zero-order valence-electron chi connectivity index (χ0n) is 10.8. The van der Waals surface area contributed by atoms with Crippen molar-refractivity contribution in [3.8, 4) is 0 Å². The lowest BCUT2D eigenvalue weighted by Gasteiger charge is -2.30. The number of hydrogen-bond donors (Lipinski definition) is 1. The van der Waals surface area contributed by atoms with Crippen molar-refractivity contribution in [3.05, 3.63) is 35.1 Å². The van der Waals surface area contributed by atoms with Gasteiger partial charge in [-0.25, -0.2) is 4.39 Å². The van der Waals surface area contributed by atoms with Crippen LogP contribution in [-0.2, 0) is 10.9 Å². The number of thioether (sulfide) groups is 1. The van der Waals surface area contributed by atoms with Crippen LogP contribution in [0.25, 0.3) is 0 Å². The van der Waals surface area contributed by atoms with Crippen molar-refractivity contribution in [3.63, 3.8) is 0 Å². The van der Waals surface area contributed by atoms with Crippen molar-refractivity contribution in [2.24, 2.45) is 0 Å². The molecule has 1 fully saturated rings. The van der Waals surface area contributed by atoms with Crippen molar-refractivity contribution in [2.75, 3.05) is 25.2 Å². The minimum Gasteiger partial charge on any atom is -0.375 e. The van der Waals surface area contributed by atoms with E-state index >= 15 is 0 Å². The number of alkyl halides is 3. The van der Waals surface area contributed by atoms with Crippen LogP contribution in [0.3, 0.4) is 0 Å². The summed E-state index contributed by atoms with van der Waals surface area (Å²) in [5.74, 6) is 0.323. The molecule has 2 rings (SSSR count). The Kier molecular flexibility index (Phi) is 4.93. The van der Waals surface area contributed by atoms with E-state index in [1.165, 1.54) is 6.07 Å². The molecule has 20 heavy (non-hydrogen) atoms. The minimum atomic E-state index is -4.69. The first kappa shape index (κ1) is 15.6. The van der Waals surface area contributed by atoms with Crippen molar-refractivity contribution >= 4 is 11.8 Å². The van der Waals surface area contributed by atoms with Gasteiger partial charge in [-0.2, -0.15) is 24.9 Å². The molecule has 1 aliphatic heterocycles. The highest BCUT2D eigenvalue weighted by molar-refractivity contribution is 7.99. The standard InChI is InChI=1S/C13H15F4NOS/c1-18-12(11-7-20-5-4-19-11)8-2-3-10(14)9(6-8)13(15,16)17/h2-3,6,11-12,18H,4-5,7H2,1H3. The number of hydrogen-bond acceptors (Lipinski definition) is 3.